The number of benzene rings is 2. The van der Waals surface area contributed by atoms with E-state index in [0.717, 1.165) is 18.5 Å². The SMILES string of the molecule is O=CN1c2ccccc2CC1c1ccccc1. The Morgan fingerprint density at radius 2 is 1.71 bits per heavy atom. The maximum Gasteiger partial charge on any atom is 0.214 e. The van der Waals surface area contributed by atoms with Crippen LogP contribution in [0.1, 0.15) is 17.2 Å². The lowest BCUT2D eigenvalue weighted by Gasteiger charge is -2.21. The molecule has 17 heavy (non-hydrogen) atoms. The highest BCUT2D eigenvalue weighted by Gasteiger charge is 2.29. The Morgan fingerprint density at radius 1 is 1.00 bits per heavy atom. The van der Waals surface area contributed by atoms with E-state index in [1.54, 1.807) is 0 Å². The first-order valence-corrected chi connectivity index (χ1v) is 5.76. The second-order valence-corrected chi connectivity index (χ2v) is 4.27. The quantitative estimate of drug-likeness (QED) is 0.717. The summed E-state index contributed by atoms with van der Waals surface area (Å²) in [5.41, 5.74) is 3.47. The smallest absolute Gasteiger partial charge is 0.214 e. The molecule has 0 aromatic heterocycles. The van der Waals surface area contributed by atoms with Crippen LogP contribution in [0.3, 0.4) is 0 Å². The zero-order chi connectivity index (χ0) is 11.7. The van der Waals surface area contributed by atoms with Crippen LogP contribution >= 0.6 is 0 Å². The number of anilines is 1. The predicted octanol–water partition coefficient (Wildman–Crippen LogP) is 2.95. The summed E-state index contributed by atoms with van der Waals surface area (Å²) in [6.07, 6.45) is 1.84. The van der Waals surface area contributed by atoms with E-state index in [4.69, 9.17) is 0 Å². The highest BCUT2D eigenvalue weighted by molar-refractivity contribution is 5.81. The minimum Gasteiger partial charge on any atom is -0.307 e. The third-order valence-electron chi connectivity index (χ3n) is 3.32. The molecular formula is C15H13NO. The number of fused-ring (bicyclic) bond motifs is 1. The van der Waals surface area contributed by atoms with E-state index in [1.165, 1.54) is 11.1 Å². The molecule has 2 aromatic rings. The number of carbonyl (C=O) groups is 1. The highest BCUT2D eigenvalue weighted by Crippen LogP contribution is 2.38. The molecule has 0 saturated carbocycles. The fourth-order valence-electron chi connectivity index (χ4n) is 2.49. The maximum atomic E-state index is 11.3. The zero-order valence-electron chi connectivity index (χ0n) is 9.41. The number of nitrogens with zero attached hydrogens (tertiary/aromatic N) is 1. The van der Waals surface area contributed by atoms with Gasteiger partial charge in [0.15, 0.2) is 0 Å². The molecule has 0 aliphatic carbocycles. The molecule has 0 N–H and O–H groups in total. The van der Waals surface area contributed by atoms with Crippen LogP contribution in [-0.2, 0) is 11.2 Å². The summed E-state index contributed by atoms with van der Waals surface area (Å²) < 4.78 is 0. The van der Waals surface area contributed by atoms with Gasteiger partial charge >= 0.3 is 0 Å². The Hall–Kier alpha value is -2.09. The number of hydrogen-bond donors (Lipinski definition) is 0. The topological polar surface area (TPSA) is 20.3 Å². The van der Waals surface area contributed by atoms with Gasteiger partial charge in [0.05, 0.1) is 6.04 Å². The molecule has 0 bridgehead atoms. The number of para-hydroxylation sites is 1. The Balaban J connectivity index is 2.03. The van der Waals surface area contributed by atoms with Gasteiger partial charge in [-0.05, 0) is 23.6 Å². The highest BCUT2D eigenvalue weighted by atomic mass is 16.1. The molecule has 2 nitrogen and oxygen atoms in total. The van der Waals surface area contributed by atoms with Crippen molar-refractivity contribution < 1.29 is 4.79 Å². The molecule has 1 amide bonds. The van der Waals surface area contributed by atoms with Gasteiger partial charge in [-0.3, -0.25) is 4.79 Å². The number of hydrogen-bond acceptors (Lipinski definition) is 1. The first-order valence-electron chi connectivity index (χ1n) is 5.76. The standard InChI is InChI=1S/C15H13NO/c17-11-16-14-9-5-4-8-13(14)10-15(16)12-6-2-1-3-7-12/h1-9,11,15H,10H2. The first kappa shape index (κ1) is 10.1. The molecule has 1 aliphatic rings. The summed E-state index contributed by atoms with van der Waals surface area (Å²) in [6.45, 7) is 0. The third-order valence-corrected chi connectivity index (χ3v) is 3.32. The fourth-order valence-corrected chi connectivity index (χ4v) is 2.49. The van der Waals surface area contributed by atoms with Crippen molar-refractivity contribution in [2.45, 2.75) is 12.5 Å². The van der Waals surface area contributed by atoms with E-state index in [2.05, 4.69) is 18.2 Å². The summed E-state index contributed by atoms with van der Waals surface area (Å²) in [5, 5.41) is 0. The molecule has 1 aliphatic heterocycles. The van der Waals surface area contributed by atoms with Gasteiger partial charge in [-0.2, -0.15) is 0 Å². The van der Waals surface area contributed by atoms with Gasteiger partial charge in [-0.1, -0.05) is 48.5 Å². The van der Waals surface area contributed by atoms with E-state index >= 15 is 0 Å². The molecule has 0 radical (unpaired) electrons. The van der Waals surface area contributed by atoms with E-state index in [0.29, 0.717) is 0 Å². The number of carbonyl (C=O) groups excluding carboxylic acids is 1. The van der Waals surface area contributed by atoms with Crippen molar-refractivity contribution in [2.24, 2.45) is 0 Å². The van der Waals surface area contributed by atoms with Gasteiger partial charge < -0.3 is 4.90 Å². The Labute approximate surface area is 100 Å². The van der Waals surface area contributed by atoms with Crippen LogP contribution in [0.2, 0.25) is 0 Å². The van der Waals surface area contributed by atoms with Crippen LogP contribution < -0.4 is 4.90 Å². The minimum absolute atomic E-state index is 0.145. The summed E-state index contributed by atoms with van der Waals surface area (Å²) >= 11 is 0. The van der Waals surface area contributed by atoms with Gasteiger partial charge in [-0.25, -0.2) is 0 Å². The van der Waals surface area contributed by atoms with Gasteiger partial charge in [0.2, 0.25) is 6.41 Å². The first-order chi connectivity index (χ1) is 8.40. The summed E-state index contributed by atoms with van der Waals surface area (Å²) in [4.78, 5) is 13.1. The fraction of sp³-hybridized carbons (Fsp3) is 0.133. The van der Waals surface area contributed by atoms with E-state index in [9.17, 15) is 4.79 Å². The Morgan fingerprint density at radius 3 is 2.47 bits per heavy atom. The van der Waals surface area contributed by atoms with Crippen LogP contribution in [0.25, 0.3) is 0 Å². The van der Waals surface area contributed by atoms with Crippen LogP contribution in [0.15, 0.2) is 54.6 Å². The number of rotatable bonds is 2. The lowest BCUT2D eigenvalue weighted by molar-refractivity contribution is -0.107. The lowest BCUT2D eigenvalue weighted by Crippen LogP contribution is -2.22. The predicted molar refractivity (Wildman–Crippen MR) is 67.9 cm³/mol. The third kappa shape index (κ3) is 1.62. The van der Waals surface area contributed by atoms with Crippen molar-refractivity contribution in [3.8, 4) is 0 Å². The van der Waals surface area contributed by atoms with Crippen molar-refractivity contribution in [1.29, 1.82) is 0 Å². The van der Waals surface area contributed by atoms with Crippen LogP contribution in [0, 0.1) is 0 Å². The zero-order valence-corrected chi connectivity index (χ0v) is 9.41. The normalized spacial score (nSPS) is 17.9. The monoisotopic (exact) mass is 223 g/mol. The van der Waals surface area contributed by atoms with Crippen molar-refractivity contribution >= 4 is 12.1 Å². The van der Waals surface area contributed by atoms with Gasteiger partial charge in [0.25, 0.3) is 0 Å². The Bertz CT molecular complexity index is 536. The van der Waals surface area contributed by atoms with E-state index < -0.39 is 0 Å². The molecule has 3 rings (SSSR count). The minimum atomic E-state index is 0.145. The maximum absolute atomic E-state index is 11.3. The van der Waals surface area contributed by atoms with Crippen molar-refractivity contribution in [3.63, 3.8) is 0 Å². The average molecular weight is 223 g/mol. The van der Waals surface area contributed by atoms with E-state index in [-0.39, 0.29) is 6.04 Å². The van der Waals surface area contributed by atoms with E-state index in [1.807, 2.05) is 41.3 Å². The summed E-state index contributed by atoms with van der Waals surface area (Å²) in [7, 11) is 0. The van der Waals surface area contributed by atoms with Crippen molar-refractivity contribution in [3.05, 3.63) is 65.7 Å². The van der Waals surface area contributed by atoms with Gasteiger partial charge in [0, 0.05) is 5.69 Å². The molecule has 0 saturated heterocycles. The molecule has 0 spiro atoms. The molecule has 84 valence electrons. The number of amides is 1. The molecule has 0 fully saturated rings. The molecule has 1 heterocycles. The van der Waals surface area contributed by atoms with Gasteiger partial charge in [0.1, 0.15) is 0 Å². The molecule has 2 aromatic carbocycles. The molecule has 1 unspecified atom stereocenters. The largest absolute Gasteiger partial charge is 0.307 e. The Kier molecular flexibility index (Phi) is 2.41. The van der Waals surface area contributed by atoms with Crippen LogP contribution in [-0.4, -0.2) is 6.41 Å². The van der Waals surface area contributed by atoms with Crippen LogP contribution in [0.4, 0.5) is 5.69 Å². The second kappa shape index (κ2) is 4.06. The molecular weight excluding hydrogens is 210 g/mol. The molecule has 2 heteroatoms. The van der Waals surface area contributed by atoms with Crippen molar-refractivity contribution in [1.82, 2.24) is 0 Å². The van der Waals surface area contributed by atoms with Crippen LogP contribution in [0.5, 0.6) is 0 Å². The summed E-state index contributed by atoms with van der Waals surface area (Å²) in [5.74, 6) is 0. The second-order valence-electron chi connectivity index (χ2n) is 4.27. The van der Waals surface area contributed by atoms with Gasteiger partial charge in [-0.15, -0.1) is 0 Å². The summed E-state index contributed by atoms with van der Waals surface area (Å²) in [6, 6.07) is 18.4. The lowest BCUT2D eigenvalue weighted by atomic mass is 10.0. The van der Waals surface area contributed by atoms with Crippen molar-refractivity contribution in [2.75, 3.05) is 4.90 Å². The average Bonchev–Trinajstić information content (AvgIpc) is 2.78. The molecule has 1 atom stereocenters.